The first kappa shape index (κ1) is 16.8. The SMILES string of the molecule is CCN(Cc1ccccc1)c1cccc(NC(=O)c2ccccc2)c1. The molecule has 3 aromatic carbocycles. The summed E-state index contributed by atoms with van der Waals surface area (Å²) in [5.41, 5.74) is 3.82. The molecule has 0 aliphatic rings. The zero-order valence-corrected chi connectivity index (χ0v) is 14.4. The van der Waals surface area contributed by atoms with Crippen LogP contribution in [0.5, 0.6) is 0 Å². The minimum absolute atomic E-state index is 0.0937. The first-order valence-corrected chi connectivity index (χ1v) is 8.51. The van der Waals surface area contributed by atoms with Gasteiger partial charge in [0.2, 0.25) is 0 Å². The fourth-order valence-corrected chi connectivity index (χ4v) is 2.76. The van der Waals surface area contributed by atoms with Crippen molar-refractivity contribution in [2.75, 3.05) is 16.8 Å². The smallest absolute Gasteiger partial charge is 0.255 e. The summed E-state index contributed by atoms with van der Waals surface area (Å²) in [5.74, 6) is -0.0937. The van der Waals surface area contributed by atoms with Crippen LogP contribution >= 0.6 is 0 Å². The van der Waals surface area contributed by atoms with Gasteiger partial charge in [-0.3, -0.25) is 4.79 Å². The highest BCUT2D eigenvalue weighted by atomic mass is 16.1. The number of nitrogens with zero attached hydrogens (tertiary/aromatic N) is 1. The standard InChI is InChI=1S/C22H22N2O/c1-2-24(17-18-10-5-3-6-11-18)21-15-9-14-20(16-21)23-22(25)19-12-7-4-8-13-19/h3-16H,2,17H2,1H3,(H,23,25). The second-order valence-corrected chi connectivity index (χ2v) is 5.87. The lowest BCUT2D eigenvalue weighted by Crippen LogP contribution is -2.22. The summed E-state index contributed by atoms with van der Waals surface area (Å²) in [4.78, 5) is 14.6. The molecule has 3 nitrogen and oxygen atoms in total. The maximum absolute atomic E-state index is 12.3. The van der Waals surface area contributed by atoms with Gasteiger partial charge in [-0.15, -0.1) is 0 Å². The monoisotopic (exact) mass is 330 g/mol. The van der Waals surface area contributed by atoms with Crippen LogP contribution in [0, 0.1) is 0 Å². The van der Waals surface area contributed by atoms with Crippen molar-refractivity contribution in [2.45, 2.75) is 13.5 Å². The highest BCUT2D eigenvalue weighted by Gasteiger charge is 2.09. The number of carbonyl (C=O) groups is 1. The van der Waals surface area contributed by atoms with E-state index in [2.05, 4.69) is 47.5 Å². The average Bonchev–Trinajstić information content (AvgIpc) is 2.68. The Morgan fingerprint density at radius 3 is 2.24 bits per heavy atom. The number of carbonyl (C=O) groups excluding carboxylic acids is 1. The molecule has 126 valence electrons. The van der Waals surface area contributed by atoms with Crippen LogP contribution in [-0.4, -0.2) is 12.5 Å². The minimum atomic E-state index is -0.0937. The molecule has 1 amide bonds. The molecule has 0 unspecified atom stereocenters. The first-order chi connectivity index (χ1) is 12.3. The van der Waals surface area contributed by atoms with Gasteiger partial charge in [0.25, 0.3) is 5.91 Å². The molecule has 0 spiro atoms. The lowest BCUT2D eigenvalue weighted by Gasteiger charge is -2.24. The summed E-state index contributed by atoms with van der Waals surface area (Å²) in [5, 5.41) is 2.98. The van der Waals surface area contributed by atoms with E-state index in [4.69, 9.17) is 0 Å². The quantitative estimate of drug-likeness (QED) is 0.692. The molecular formula is C22H22N2O. The molecular weight excluding hydrogens is 308 g/mol. The fourth-order valence-electron chi connectivity index (χ4n) is 2.76. The van der Waals surface area contributed by atoms with E-state index in [0.29, 0.717) is 5.56 Å². The molecule has 0 saturated heterocycles. The third-order valence-electron chi connectivity index (χ3n) is 4.10. The Morgan fingerprint density at radius 2 is 1.56 bits per heavy atom. The minimum Gasteiger partial charge on any atom is -0.367 e. The van der Waals surface area contributed by atoms with Crippen molar-refractivity contribution >= 4 is 17.3 Å². The summed E-state index contributed by atoms with van der Waals surface area (Å²) in [6, 6.07) is 27.6. The highest BCUT2D eigenvalue weighted by molar-refractivity contribution is 6.04. The molecule has 0 aromatic heterocycles. The summed E-state index contributed by atoms with van der Waals surface area (Å²) in [6.45, 7) is 3.87. The third kappa shape index (κ3) is 4.48. The Kier molecular flexibility index (Phi) is 5.47. The number of amides is 1. The van der Waals surface area contributed by atoms with Gasteiger partial charge in [0, 0.05) is 30.0 Å². The molecule has 0 saturated carbocycles. The van der Waals surface area contributed by atoms with Crippen molar-refractivity contribution in [1.29, 1.82) is 0 Å². The molecule has 0 radical (unpaired) electrons. The number of anilines is 2. The van der Waals surface area contributed by atoms with Crippen LogP contribution in [0.2, 0.25) is 0 Å². The van der Waals surface area contributed by atoms with Crippen molar-refractivity contribution in [1.82, 2.24) is 0 Å². The second-order valence-electron chi connectivity index (χ2n) is 5.87. The lowest BCUT2D eigenvalue weighted by atomic mass is 10.1. The van der Waals surface area contributed by atoms with Gasteiger partial charge < -0.3 is 10.2 Å². The zero-order chi connectivity index (χ0) is 17.5. The van der Waals surface area contributed by atoms with E-state index < -0.39 is 0 Å². The van der Waals surface area contributed by atoms with Gasteiger partial charge in [0.15, 0.2) is 0 Å². The van der Waals surface area contributed by atoms with E-state index in [1.54, 1.807) is 0 Å². The van der Waals surface area contributed by atoms with Crippen molar-refractivity contribution in [3.8, 4) is 0 Å². The molecule has 1 N–H and O–H groups in total. The predicted octanol–water partition coefficient (Wildman–Crippen LogP) is 4.97. The van der Waals surface area contributed by atoms with Crippen LogP contribution in [0.3, 0.4) is 0 Å². The summed E-state index contributed by atoms with van der Waals surface area (Å²) in [7, 11) is 0. The van der Waals surface area contributed by atoms with Gasteiger partial charge in [0.05, 0.1) is 0 Å². The molecule has 3 heteroatoms. The van der Waals surface area contributed by atoms with Crippen LogP contribution in [0.1, 0.15) is 22.8 Å². The van der Waals surface area contributed by atoms with Crippen LogP contribution in [0.25, 0.3) is 0 Å². The number of benzene rings is 3. The molecule has 0 heterocycles. The van der Waals surface area contributed by atoms with E-state index in [1.807, 2.05) is 54.6 Å². The average molecular weight is 330 g/mol. The molecule has 0 aliphatic carbocycles. The zero-order valence-electron chi connectivity index (χ0n) is 14.4. The normalized spacial score (nSPS) is 10.3. The van der Waals surface area contributed by atoms with Gasteiger partial charge in [0.1, 0.15) is 0 Å². The lowest BCUT2D eigenvalue weighted by molar-refractivity contribution is 0.102. The summed E-state index contributed by atoms with van der Waals surface area (Å²) < 4.78 is 0. The third-order valence-corrected chi connectivity index (χ3v) is 4.10. The van der Waals surface area contributed by atoms with Crippen LogP contribution in [-0.2, 0) is 6.54 Å². The molecule has 0 aliphatic heterocycles. The van der Waals surface area contributed by atoms with E-state index in [0.717, 1.165) is 24.5 Å². The van der Waals surface area contributed by atoms with Gasteiger partial charge in [-0.05, 0) is 42.8 Å². The van der Waals surface area contributed by atoms with Gasteiger partial charge >= 0.3 is 0 Å². The second kappa shape index (κ2) is 8.15. The molecule has 25 heavy (non-hydrogen) atoms. The predicted molar refractivity (Wildman–Crippen MR) is 104 cm³/mol. The first-order valence-electron chi connectivity index (χ1n) is 8.51. The van der Waals surface area contributed by atoms with Crippen LogP contribution in [0.4, 0.5) is 11.4 Å². The van der Waals surface area contributed by atoms with Gasteiger partial charge in [-0.2, -0.15) is 0 Å². The Morgan fingerprint density at radius 1 is 0.880 bits per heavy atom. The highest BCUT2D eigenvalue weighted by Crippen LogP contribution is 2.22. The van der Waals surface area contributed by atoms with Gasteiger partial charge in [-0.25, -0.2) is 0 Å². The topological polar surface area (TPSA) is 32.3 Å². The largest absolute Gasteiger partial charge is 0.367 e. The number of hydrogen-bond acceptors (Lipinski definition) is 2. The number of hydrogen-bond donors (Lipinski definition) is 1. The van der Waals surface area contributed by atoms with Crippen molar-refractivity contribution < 1.29 is 4.79 Å². The molecule has 0 atom stereocenters. The van der Waals surface area contributed by atoms with E-state index >= 15 is 0 Å². The van der Waals surface area contributed by atoms with Crippen LogP contribution in [0.15, 0.2) is 84.9 Å². The van der Waals surface area contributed by atoms with E-state index in [-0.39, 0.29) is 5.91 Å². The van der Waals surface area contributed by atoms with Gasteiger partial charge in [-0.1, -0.05) is 54.6 Å². The maximum atomic E-state index is 12.3. The number of nitrogens with one attached hydrogen (secondary N) is 1. The van der Waals surface area contributed by atoms with Crippen molar-refractivity contribution in [2.24, 2.45) is 0 Å². The molecule has 0 fully saturated rings. The Bertz CT molecular complexity index is 816. The van der Waals surface area contributed by atoms with Crippen molar-refractivity contribution in [3.05, 3.63) is 96.1 Å². The Labute approximate surface area is 148 Å². The fraction of sp³-hybridized carbons (Fsp3) is 0.136. The van der Waals surface area contributed by atoms with Crippen LogP contribution < -0.4 is 10.2 Å². The summed E-state index contributed by atoms with van der Waals surface area (Å²) >= 11 is 0. The number of rotatable bonds is 6. The van der Waals surface area contributed by atoms with E-state index in [1.165, 1.54) is 5.56 Å². The Balaban J connectivity index is 1.75. The molecule has 3 aromatic rings. The maximum Gasteiger partial charge on any atom is 0.255 e. The van der Waals surface area contributed by atoms with Crippen molar-refractivity contribution in [3.63, 3.8) is 0 Å². The Hall–Kier alpha value is -3.07. The molecule has 3 rings (SSSR count). The van der Waals surface area contributed by atoms with E-state index in [9.17, 15) is 4.79 Å². The molecule has 0 bridgehead atoms. The summed E-state index contributed by atoms with van der Waals surface area (Å²) in [6.07, 6.45) is 0.